The number of rotatable bonds is 3. The van der Waals surface area contributed by atoms with Crippen LogP contribution in [0.2, 0.25) is 0 Å². The Hall–Kier alpha value is -1.64. The molecule has 0 aliphatic carbocycles. The second kappa shape index (κ2) is 4.92. The molecule has 3 nitrogen and oxygen atoms in total. The summed E-state index contributed by atoms with van der Waals surface area (Å²) in [6, 6.07) is 10.0. The van der Waals surface area contributed by atoms with Gasteiger partial charge in [0.1, 0.15) is 4.88 Å². The summed E-state index contributed by atoms with van der Waals surface area (Å²) in [7, 11) is -3.63. The van der Waals surface area contributed by atoms with E-state index < -0.39 is 15.2 Å². The molecular formula is C13H11NO2S2. The van der Waals surface area contributed by atoms with Crippen molar-refractivity contribution in [3.63, 3.8) is 0 Å². The second-order valence-corrected chi connectivity index (χ2v) is 6.84. The van der Waals surface area contributed by atoms with Crippen molar-refractivity contribution >= 4 is 21.2 Å². The van der Waals surface area contributed by atoms with Gasteiger partial charge in [-0.15, -0.1) is 11.3 Å². The van der Waals surface area contributed by atoms with Crippen LogP contribution in [0.15, 0.2) is 46.7 Å². The van der Waals surface area contributed by atoms with Crippen molar-refractivity contribution in [1.29, 1.82) is 0 Å². The fourth-order valence-electron chi connectivity index (χ4n) is 1.57. The molecule has 0 saturated heterocycles. The minimum absolute atomic E-state index is 0.197. The van der Waals surface area contributed by atoms with Crippen LogP contribution in [0.3, 0.4) is 0 Å². The smallest absolute Gasteiger partial charge is 0.290 e. The van der Waals surface area contributed by atoms with Crippen molar-refractivity contribution in [2.24, 2.45) is 0 Å². The van der Waals surface area contributed by atoms with E-state index in [9.17, 15) is 8.42 Å². The predicted molar refractivity (Wildman–Crippen MR) is 72.0 cm³/mol. The Balaban J connectivity index is 2.48. The molecule has 0 amide bonds. The van der Waals surface area contributed by atoms with E-state index in [2.05, 4.69) is 4.85 Å². The molecule has 0 aliphatic rings. The van der Waals surface area contributed by atoms with Gasteiger partial charge >= 0.3 is 5.37 Å². The van der Waals surface area contributed by atoms with Gasteiger partial charge in [-0.3, -0.25) is 4.85 Å². The summed E-state index contributed by atoms with van der Waals surface area (Å²) < 4.78 is 24.7. The Morgan fingerprint density at radius 1 is 1.22 bits per heavy atom. The summed E-state index contributed by atoms with van der Waals surface area (Å²) >= 11 is 1.29. The van der Waals surface area contributed by atoms with Gasteiger partial charge in [-0.25, -0.2) is 15.0 Å². The maximum atomic E-state index is 12.4. The molecule has 0 fully saturated rings. The van der Waals surface area contributed by atoms with Gasteiger partial charge < -0.3 is 0 Å². The molecule has 1 aromatic heterocycles. The Kier molecular flexibility index (Phi) is 3.50. The first-order chi connectivity index (χ1) is 8.55. The lowest BCUT2D eigenvalue weighted by molar-refractivity contribution is 0.590. The average Bonchev–Trinajstić information content (AvgIpc) is 2.84. The lowest BCUT2D eigenvalue weighted by Gasteiger charge is -2.06. The number of nitrogens with zero attached hydrogens (tertiary/aromatic N) is 1. The lowest BCUT2D eigenvalue weighted by atomic mass is 10.2. The Bertz CT molecular complexity index is 665. The first-order valence-corrected chi connectivity index (χ1v) is 7.69. The number of hydrogen-bond donors (Lipinski definition) is 0. The molecule has 0 bridgehead atoms. The lowest BCUT2D eigenvalue weighted by Crippen LogP contribution is -2.09. The molecule has 2 rings (SSSR count). The highest BCUT2D eigenvalue weighted by atomic mass is 32.2. The van der Waals surface area contributed by atoms with Crippen LogP contribution in [-0.2, 0) is 9.84 Å². The summed E-state index contributed by atoms with van der Waals surface area (Å²) in [5.74, 6) is 0. The zero-order valence-corrected chi connectivity index (χ0v) is 11.3. The highest BCUT2D eigenvalue weighted by Crippen LogP contribution is 2.32. The van der Waals surface area contributed by atoms with Crippen molar-refractivity contribution in [3.8, 4) is 0 Å². The van der Waals surface area contributed by atoms with Crippen LogP contribution in [0, 0.1) is 13.5 Å². The average molecular weight is 277 g/mol. The molecule has 5 heteroatoms. The minimum atomic E-state index is -3.63. The van der Waals surface area contributed by atoms with Gasteiger partial charge in [0, 0.05) is 0 Å². The Labute approximate surface area is 110 Å². The number of sulfone groups is 1. The Morgan fingerprint density at radius 3 is 2.39 bits per heavy atom. The first kappa shape index (κ1) is 12.8. The molecule has 1 aromatic carbocycles. The first-order valence-electron chi connectivity index (χ1n) is 5.26. The third-order valence-corrected chi connectivity index (χ3v) is 5.50. The van der Waals surface area contributed by atoms with Gasteiger partial charge in [-0.05, 0) is 30.5 Å². The topological polar surface area (TPSA) is 38.5 Å². The summed E-state index contributed by atoms with van der Waals surface area (Å²) in [6.07, 6.45) is 0. The van der Waals surface area contributed by atoms with Crippen LogP contribution in [0.25, 0.3) is 4.85 Å². The highest BCUT2D eigenvalue weighted by molar-refractivity contribution is 7.92. The molecule has 0 aliphatic heterocycles. The molecule has 1 unspecified atom stereocenters. The van der Waals surface area contributed by atoms with Crippen molar-refractivity contribution in [2.75, 3.05) is 0 Å². The molecule has 1 atom stereocenters. The van der Waals surface area contributed by atoms with Crippen LogP contribution in [-0.4, -0.2) is 8.42 Å². The summed E-state index contributed by atoms with van der Waals surface area (Å²) in [6.45, 7) is 9.03. The molecule has 0 spiro atoms. The number of aryl methyl sites for hydroxylation is 1. The minimum Gasteiger partial charge on any atom is -0.290 e. The normalized spacial score (nSPS) is 12.9. The van der Waals surface area contributed by atoms with Gasteiger partial charge in [0.25, 0.3) is 9.84 Å². The number of thiophene rings is 1. The van der Waals surface area contributed by atoms with Gasteiger partial charge in [-0.1, -0.05) is 23.8 Å². The third-order valence-electron chi connectivity index (χ3n) is 2.55. The van der Waals surface area contributed by atoms with E-state index in [0.717, 1.165) is 5.56 Å². The van der Waals surface area contributed by atoms with Crippen LogP contribution in [0.5, 0.6) is 0 Å². The fraction of sp³-hybridized carbons (Fsp3) is 0.154. The zero-order chi connectivity index (χ0) is 13.2. The highest BCUT2D eigenvalue weighted by Gasteiger charge is 2.35. The quantitative estimate of drug-likeness (QED) is 0.806. The molecule has 0 saturated carbocycles. The van der Waals surface area contributed by atoms with E-state index in [1.165, 1.54) is 11.3 Å². The van der Waals surface area contributed by atoms with Crippen molar-refractivity contribution in [3.05, 3.63) is 63.6 Å². The molecule has 92 valence electrons. The Morgan fingerprint density at radius 2 is 1.89 bits per heavy atom. The third kappa shape index (κ3) is 2.30. The number of benzene rings is 1. The van der Waals surface area contributed by atoms with Crippen molar-refractivity contribution < 1.29 is 8.42 Å². The molecule has 0 radical (unpaired) electrons. The van der Waals surface area contributed by atoms with Crippen LogP contribution < -0.4 is 0 Å². The molecular weight excluding hydrogens is 266 g/mol. The summed E-state index contributed by atoms with van der Waals surface area (Å²) in [5, 5.41) is 0.637. The van der Waals surface area contributed by atoms with Gasteiger partial charge in [0.2, 0.25) is 0 Å². The molecule has 0 N–H and O–H groups in total. The van der Waals surface area contributed by atoms with Crippen LogP contribution in [0.4, 0.5) is 0 Å². The zero-order valence-electron chi connectivity index (χ0n) is 9.70. The molecule has 18 heavy (non-hydrogen) atoms. The number of hydrogen-bond acceptors (Lipinski definition) is 3. The van der Waals surface area contributed by atoms with Gasteiger partial charge in [0.15, 0.2) is 0 Å². The van der Waals surface area contributed by atoms with Gasteiger partial charge in [0.05, 0.1) is 4.90 Å². The van der Waals surface area contributed by atoms with Crippen molar-refractivity contribution in [2.45, 2.75) is 17.2 Å². The molecule has 1 heterocycles. The van der Waals surface area contributed by atoms with Crippen LogP contribution >= 0.6 is 11.3 Å². The largest absolute Gasteiger partial charge is 0.359 e. The van der Waals surface area contributed by atoms with E-state index in [-0.39, 0.29) is 4.90 Å². The van der Waals surface area contributed by atoms with E-state index in [1.54, 1.807) is 41.8 Å². The van der Waals surface area contributed by atoms with E-state index in [1.807, 2.05) is 6.92 Å². The maximum absolute atomic E-state index is 12.4. The maximum Gasteiger partial charge on any atom is 0.359 e. The standard InChI is InChI=1S/C13H11NO2S2/c1-10-5-7-11(8-6-10)18(15,16)13(14-2)12-4-3-9-17-12/h3-9,13H,1H3. The SMILES string of the molecule is [C-]#[N+]C(c1cccs1)S(=O)(=O)c1ccc(C)cc1. The van der Waals surface area contributed by atoms with E-state index >= 15 is 0 Å². The second-order valence-electron chi connectivity index (χ2n) is 3.85. The van der Waals surface area contributed by atoms with Crippen molar-refractivity contribution in [1.82, 2.24) is 0 Å². The molecule has 2 aromatic rings. The summed E-state index contributed by atoms with van der Waals surface area (Å²) in [5.41, 5.74) is 0.990. The van der Waals surface area contributed by atoms with Gasteiger partial charge in [-0.2, -0.15) is 0 Å². The monoisotopic (exact) mass is 277 g/mol. The summed E-state index contributed by atoms with van der Waals surface area (Å²) in [4.78, 5) is 4.03. The van der Waals surface area contributed by atoms with E-state index in [4.69, 9.17) is 6.57 Å². The fourth-order valence-corrected chi connectivity index (χ4v) is 4.06. The predicted octanol–water partition coefficient (Wildman–Crippen LogP) is 3.45. The van der Waals surface area contributed by atoms with E-state index in [0.29, 0.717) is 4.88 Å². The van der Waals surface area contributed by atoms with Crippen LogP contribution in [0.1, 0.15) is 15.8 Å².